The number of nitrogens with zero attached hydrogens (tertiary/aromatic N) is 3. The number of aromatic nitrogens is 2. The molecule has 1 aromatic heterocycles. The summed E-state index contributed by atoms with van der Waals surface area (Å²) < 4.78 is 0. The second-order valence-electron chi connectivity index (χ2n) is 4.34. The molecule has 0 N–H and O–H groups in total. The van der Waals surface area contributed by atoms with Crippen LogP contribution in [0.5, 0.6) is 0 Å². The highest BCUT2D eigenvalue weighted by molar-refractivity contribution is 5.20. The van der Waals surface area contributed by atoms with Gasteiger partial charge < -0.3 is 0 Å². The predicted molar refractivity (Wildman–Crippen MR) is 53.5 cm³/mol. The topological polar surface area (TPSA) is 29.0 Å². The highest BCUT2D eigenvalue weighted by atomic mass is 15.2. The maximum atomic E-state index is 4.33. The van der Waals surface area contributed by atoms with Crippen LogP contribution >= 0.6 is 0 Å². The molecule has 1 fully saturated rings. The van der Waals surface area contributed by atoms with E-state index in [1.165, 1.54) is 36.9 Å². The van der Waals surface area contributed by atoms with Gasteiger partial charge in [0.25, 0.3) is 0 Å². The molecule has 3 nitrogen and oxygen atoms in total. The Bertz CT molecular complexity index is 306. The SMILES string of the molecule is c1ncc2c(n1)CN(C1CCCC1)C2. The molecule has 2 heterocycles. The molecule has 0 saturated heterocycles. The van der Waals surface area contributed by atoms with Crippen molar-refractivity contribution in [2.75, 3.05) is 0 Å². The Balaban J connectivity index is 1.77. The Morgan fingerprint density at radius 1 is 1.21 bits per heavy atom. The van der Waals surface area contributed by atoms with Crippen LogP contribution < -0.4 is 0 Å². The first-order valence-electron chi connectivity index (χ1n) is 5.45. The van der Waals surface area contributed by atoms with E-state index in [9.17, 15) is 0 Å². The molecule has 1 aliphatic carbocycles. The molecule has 0 spiro atoms. The summed E-state index contributed by atoms with van der Waals surface area (Å²) in [7, 11) is 0. The van der Waals surface area contributed by atoms with E-state index in [1.807, 2.05) is 6.20 Å². The summed E-state index contributed by atoms with van der Waals surface area (Å²) >= 11 is 0. The number of hydrogen-bond acceptors (Lipinski definition) is 3. The molecular weight excluding hydrogens is 174 g/mol. The van der Waals surface area contributed by atoms with Gasteiger partial charge in [-0.15, -0.1) is 0 Å². The fourth-order valence-electron chi connectivity index (χ4n) is 2.65. The molecule has 0 atom stereocenters. The van der Waals surface area contributed by atoms with Gasteiger partial charge in [0.1, 0.15) is 6.33 Å². The zero-order chi connectivity index (χ0) is 9.38. The maximum absolute atomic E-state index is 4.33. The zero-order valence-corrected chi connectivity index (χ0v) is 8.32. The lowest BCUT2D eigenvalue weighted by Crippen LogP contribution is -2.27. The lowest BCUT2D eigenvalue weighted by molar-refractivity contribution is 0.201. The number of rotatable bonds is 1. The summed E-state index contributed by atoms with van der Waals surface area (Å²) in [6, 6.07) is 0.809. The van der Waals surface area contributed by atoms with E-state index in [0.29, 0.717) is 0 Å². The fourth-order valence-corrected chi connectivity index (χ4v) is 2.65. The standard InChI is InChI=1S/C11H15N3/c1-2-4-10(3-1)14-6-9-5-12-8-13-11(9)7-14/h5,8,10H,1-4,6-7H2. The van der Waals surface area contributed by atoms with Crippen molar-refractivity contribution in [2.24, 2.45) is 0 Å². The van der Waals surface area contributed by atoms with Gasteiger partial charge in [0.15, 0.2) is 0 Å². The highest BCUT2D eigenvalue weighted by Crippen LogP contribution is 2.30. The van der Waals surface area contributed by atoms with Crippen LogP contribution in [0.15, 0.2) is 12.5 Å². The lowest BCUT2D eigenvalue weighted by Gasteiger charge is -2.22. The van der Waals surface area contributed by atoms with Gasteiger partial charge in [-0.05, 0) is 12.8 Å². The van der Waals surface area contributed by atoms with Crippen molar-refractivity contribution < 1.29 is 0 Å². The molecule has 3 heteroatoms. The van der Waals surface area contributed by atoms with Gasteiger partial charge in [-0.3, -0.25) is 4.90 Å². The average Bonchev–Trinajstić information content (AvgIpc) is 2.86. The summed E-state index contributed by atoms with van der Waals surface area (Å²) in [4.78, 5) is 11.0. The Hall–Kier alpha value is -0.960. The molecule has 0 radical (unpaired) electrons. The van der Waals surface area contributed by atoms with Gasteiger partial charge in [0.05, 0.1) is 5.69 Å². The molecule has 14 heavy (non-hydrogen) atoms. The third-order valence-corrected chi connectivity index (χ3v) is 3.45. The van der Waals surface area contributed by atoms with Gasteiger partial charge in [-0.25, -0.2) is 9.97 Å². The molecule has 0 aromatic carbocycles. The molecule has 0 amide bonds. The highest BCUT2D eigenvalue weighted by Gasteiger charge is 2.28. The Morgan fingerprint density at radius 2 is 2.07 bits per heavy atom. The smallest absolute Gasteiger partial charge is 0.115 e. The van der Waals surface area contributed by atoms with Crippen molar-refractivity contribution in [1.29, 1.82) is 0 Å². The van der Waals surface area contributed by atoms with Crippen LogP contribution in [0.3, 0.4) is 0 Å². The molecule has 1 aliphatic heterocycles. The molecule has 0 unspecified atom stereocenters. The summed E-state index contributed by atoms with van der Waals surface area (Å²) in [5.74, 6) is 0. The van der Waals surface area contributed by atoms with Crippen molar-refractivity contribution >= 4 is 0 Å². The first kappa shape index (κ1) is 8.36. The van der Waals surface area contributed by atoms with E-state index in [4.69, 9.17) is 0 Å². The van der Waals surface area contributed by atoms with Gasteiger partial charge in [-0.1, -0.05) is 12.8 Å². The van der Waals surface area contributed by atoms with Crippen LogP contribution in [-0.2, 0) is 13.1 Å². The predicted octanol–water partition coefficient (Wildman–Crippen LogP) is 1.73. The second kappa shape index (κ2) is 3.31. The molecule has 0 bridgehead atoms. The van der Waals surface area contributed by atoms with E-state index in [1.54, 1.807) is 6.33 Å². The first-order valence-corrected chi connectivity index (χ1v) is 5.45. The minimum absolute atomic E-state index is 0.809. The Kier molecular flexibility index (Phi) is 1.98. The first-order chi connectivity index (χ1) is 6.93. The van der Waals surface area contributed by atoms with E-state index >= 15 is 0 Å². The molecule has 3 rings (SSSR count). The molecule has 2 aliphatic rings. The summed E-state index contributed by atoms with van der Waals surface area (Å²) in [5.41, 5.74) is 2.58. The van der Waals surface area contributed by atoms with Crippen molar-refractivity contribution in [3.63, 3.8) is 0 Å². The van der Waals surface area contributed by atoms with Crippen LogP contribution in [0.2, 0.25) is 0 Å². The third-order valence-electron chi connectivity index (χ3n) is 3.45. The van der Waals surface area contributed by atoms with Crippen LogP contribution in [0, 0.1) is 0 Å². The van der Waals surface area contributed by atoms with Crippen molar-refractivity contribution in [3.05, 3.63) is 23.8 Å². The second-order valence-corrected chi connectivity index (χ2v) is 4.34. The van der Waals surface area contributed by atoms with E-state index in [-0.39, 0.29) is 0 Å². The fraction of sp³-hybridized carbons (Fsp3) is 0.636. The maximum Gasteiger partial charge on any atom is 0.115 e. The zero-order valence-electron chi connectivity index (χ0n) is 8.32. The van der Waals surface area contributed by atoms with Gasteiger partial charge >= 0.3 is 0 Å². The average molecular weight is 189 g/mol. The molecular formula is C11H15N3. The minimum atomic E-state index is 0.809. The van der Waals surface area contributed by atoms with Crippen LogP contribution in [0.4, 0.5) is 0 Å². The molecule has 74 valence electrons. The van der Waals surface area contributed by atoms with Gasteiger partial charge in [0.2, 0.25) is 0 Å². The van der Waals surface area contributed by atoms with Crippen molar-refractivity contribution in [2.45, 2.75) is 44.8 Å². The quantitative estimate of drug-likeness (QED) is 0.673. The van der Waals surface area contributed by atoms with Crippen LogP contribution in [-0.4, -0.2) is 20.9 Å². The Morgan fingerprint density at radius 3 is 2.86 bits per heavy atom. The van der Waals surface area contributed by atoms with E-state index < -0.39 is 0 Å². The third kappa shape index (κ3) is 1.32. The van der Waals surface area contributed by atoms with E-state index in [2.05, 4.69) is 14.9 Å². The van der Waals surface area contributed by atoms with Crippen LogP contribution in [0.1, 0.15) is 36.9 Å². The Labute approximate surface area is 84.2 Å². The van der Waals surface area contributed by atoms with Crippen molar-refractivity contribution in [3.8, 4) is 0 Å². The van der Waals surface area contributed by atoms with Crippen molar-refractivity contribution in [1.82, 2.24) is 14.9 Å². The number of fused-ring (bicyclic) bond motifs is 1. The van der Waals surface area contributed by atoms with Crippen LogP contribution in [0.25, 0.3) is 0 Å². The van der Waals surface area contributed by atoms with Gasteiger partial charge in [-0.2, -0.15) is 0 Å². The molecule has 1 saturated carbocycles. The van der Waals surface area contributed by atoms with E-state index in [0.717, 1.165) is 19.1 Å². The normalized spacial score (nSPS) is 22.9. The largest absolute Gasteiger partial charge is 0.290 e. The minimum Gasteiger partial charge on any atom is -0.290 e. The molecule has 1 aromatic rings. The summed E-state index contributed by atoms with van der Waals surface area (Å²) in [5, 5.41) is 0. The summed E-state index contributed by atoms with van der Waals surface area (Å²) in [6.07, 6.45) is 9.20. The monoisotopic (exact) mass is 189 g/mol. The lowest BCUT2D eigenvalue weighted by atomic mass is 10.2. The number of hydrogen-bond donors (Lipinski definition) is 0. The van der Waals surface area contributed by atoms with Gasteiger partial charge in [0, 0.05) is 30.9 Å². The summed E-state index contributed by atoms with van der Waals surface area (Å²) in [6.45, 7) is 2.11.